The number of nitrogens with zero attached hydrogens (tertiary/aromatic N) is 5. The number of rotatable bonds is 2. The second-order valence-electron chi connectivity index (χ2n) is 5.49. The zero-order valence-electron chi connectivity index (χ0n) is 13.2. The first-order chi connectivity index (χ1) is 11.3. The van der Waals surface area contributed by atoms with E-state index >= 15 is 0 Å². The van der Waals surface area contributed by atoms with E-state index in [9.17, 15) is 14.3 Å². The Labute approximate surface area is 136 Å². The van der Waals surface area contributed by atoms with Gasteiger partial charge in [0.1, 0.15) is 17.5 Å². The van der Waals surface area contributed by atoms with Gasteiger partial charge < -0.3 is 20.7 Å². The van der Waals surface area contributed by atoms with Gasteiger partial charge in [-0.1, -0.05) is 5.21 Å². The van der Waals surface area contributed by atoms with Crippen LogP contribution in [0.5, 0.6) is 0 Å². The van der Waals surface area contributed by atoms with E-state index in [1.165, 1.54) is 19.2 Å². The van der Waals surface area contributed by atoms with E-state index in [4.69, 9.17) is 15.6 Å². The highest BCUT2D eigenvalue weighted by atomic mass is 19.1. The molecule has 1 fully saturated rings. The van der Waals surface area contributed by atoms with E-state index in [0.717, 1.165) is 4.57 Å². The van der Waals surface area contributed by atoms with Crippen molar-refractivity contribution in [3.63, 3.8) is 0 Å². The van der Waals surface area contributed by atoms with Crippen LogP contribution in [-0.4, -0.2) is 59.2 Å². The van der Waals surface area contributed by atoms with E-state index in [1.54, 1.807) is 17.1 Å². The lowest BCUT2D eigenvalue weighted by Crippen LogP contribution is -2.42. The minimum absolute atomic E-state index is 0.00937. The highest BCUT2D eigenvalue weighted by Gasteiger charge is 2.53. The largest absolute Gasteiger partial charge is 0.393 e. The average molecular weight is 342 g/mol. The monoisotopic (exact) mass is 342 g/mol. The summed E-state index contributed by atoms with van der Waals surface area (Å²) in [6.07, 6.45) is -0.0578. The number of nitrogen functional groups attached to an aromatic ring is 1. The van der Waals surface area contributed by atoms with Gasteiger partial charge in [0.2, 0.25) is 0 Å². The van der Waals surface area contributed by atoms with Gasteiger partial charge in [0.25, 0.3) is 0 Å². The third kappa shape index (κ3) is 3.58. The minimum atomic E-state index is -1.84. The van der Waals surface area contributed by atoms with Crippen LogP contribution in [0.3, 0.4) is 0 Å². The quantitative estimate of drug-likeness (QED) is 0.606. The van der Waals surface area contributed by atoms with Gasteiger partial charge in [0.05, 0.1) is 12.8 Å². The van der Waals surface area contributed by atoms with E-state index in [0.29, 0.717) is 0 Å². The molecule has 11 heteroatoms. The van der Waals surface area contributed by atoms with Gasteiger partial charge in [-0.15, -0.1) is 5.10 Å². The number of aromatic nitrogens is 5. The molecule has 0 saturated carbocycles. The van der Waals surface area contributed by atoms with Gasteiger partial charge in [0.15, 0.2) is 12.4 Å². The summed E-state index contributed by atoms with van der Waals surface area (Å²) in [4.78, 5) is 15.0. The fourth-order valence-electron chi connectivity index (χ4n) is 2.13. The number of halogens is 1. The van der Waals surface area contributed by atoms with Crippen molar-refractivity contribution in [1.82, 2.24) is 24.5 Å². The Hall–Kier alpha value is -2.37. The number of ether oxygens (including phenoxy) is 1. The Kier molecular flexibility index (Phi) is 5.26. The predicted octanol–water partition coefficient (Wildman–Crippen LogP) is -1.38. The maximum Gasteiger partial charge on any atom is 0.351 e. The minimum Gasteiger partial charge on any atom is -0.393 e. The van der Waals surface area contributed by atoms with Crippen molar-refractivity contribution in [3.8, 4) is 0 Å². The fourth-order valence-corrected chi connectivity index (χ4v) is 2.13. The molecule has 2 aromatic rings. The van der Waals surface area contributed by atoms with Crippen molar-refractivity contribution in [3.05, 3.63) is 35.1 Å². The Balaban J connectivity index is 0.000000292. The summed E-state index contributed by atoms with van der Waals surface area (Å²) in [6.45, 7) is 0.794. The number of nitrogens with two attached hydrogens (primary N) is 1. The van der Waals surface area contributed by atoms with Crippen molar-refractivity contribution >= 4 is 5.82 Å². The van der Waals surface area contributed by atoms with Gasteiger partial charge in [-0.3, -0.25) is 9.25 Å². The number of hydrogen-bond donors (Lipinski definition) is 3. The normalized spacial score (nSPS) is 29.1. The molecule has 132 valence electrons. The molecule has 2 aromatic heterocycles. The van der Waals surface area contributed by atoms with Crippen LogP contribution in [0.15, 0.2) is 29.5 Å². The van der Waals surface area contributed by atoms with Crippen molar-refractivity contribution in [2.45, 2.75) is 31.0 Å². The Morgan fingerprint density at radius 1 is 1.50 bits per heavy atom. The van der Waals surface area contributed by atoms with Crippen LogP contribution in [0.4, 0.5) is 10.2 Å². The maximum atomic E-state index is 13.9. The van der Waals surface area contributed by atoms with Crippen LogP contribution in [0.1, 0.15) is 13.2 Å². The molecule has 0 aliphatic carbocycles. The number of aliphatic hydroxyl groups is 2. The van der Waals surface area contributed by atoms with Crippen LogP contribution < -0.4 is 11.4 Å². The maximum absolute atomic E-state index is 13.9. The third-order valence-electron chi connectivity index (χ3n) is 3.57. The molecule has 1 aliphatic heterocycles. The zero-order chi connectivity index (χ0) is 17.9. The van der Waals surface area contributed by atoms with Crippen LogP contribution >= 0.6 is 0 Å². The summed E-state index contributed by atoms with van der Waals surface area (Å²) in [5, 5.41) is 25.9. The topological polar surface area (TPSA) is 141 Å². The lowest BCUT2D eigenvalue weighted by atomic mass is 9.99. The molecule has 0 amide bonds. The second-order valence-corrected chi connectivity index (χ2v) is 5.49. The summed E-state index contributed by atoms with van der Waals surface area (Å²) in [7, 11) is 1.83. The van der Waals surface area contributed by atoms with Gasteiger partial charge in [-0.2, -0.15) is 4.98 Å². The molecule has 1 saturated heterocycles. The van der Waals surface area contributed by atoms with Crippen molar-refractivity contribution < 1.29 is 19.3 Å². The van der Waals surface area contributed by atoms with E-state index in [1.807, 2.05) is 7.05 Å². The van der Waals surface area contributed by atoms with Gasteiger partial charge in [-0.25, -0.2) is 9.18 Å². The first-order valence-electron chi connectivity index (χ1n) is 7.04. The molecule has 0 unspecified atom stereocenters. The van der Waals surface area contributed by atoms with E-state index < -0.39 is 36.4 Å². The van der Waals surface area contributed by atoms with Crippen LogP contribution in [0.2, 0.25) is 0 Å². The van der Waals surface area contributed by atoms with Crippen LogP contribution in [0.25, 0.3) is 0 Å². The zero-order valence-corrected chi connectivity index (χ0v) is 13.2. The van der Waals surface area contributed by atoms with Crippen LogP contribution in [0, 0.1) is 0 Å². The van der Waals surface area contributed by atoms with E-state index in [2.05, 4.69) is 15.3 Å². The first-order valence-corrected chi connectivity index (χ1v) is 7.04. The average Bonchev–Trinajstić information content (AvgIpc) is 3.10. The third-order valence-corrected chi connectivity index (χ3v) is 3.57. The van der Waals surface area contributed by atoms with E-state index in [-0.39, 0.29) is 5.82 Å². The van der Waals surface area contributed by atoms with Gasteiger partial charge in [-0.05, 0) is 13.0 Å². The molecule has 0 bridgehead atoms. The smallest absolute Gasteiger partial charge is 0.351 e. The molecule has 1 aliphatic rings. The number of aryl methyl sites for hydroxylation is 1. The molecule has 3 heterocycles. The molecule has 0 aromatic carbocycles. The second kappa shape index (κ2) is 7.03. The molecule has 24 heavy (non-hydrogen) atoms. The molecule has 4 atom stereocenters. The van der Waals surface area contributed by atoms with Crippen molar-refractivity contribution in [2.24, 2.45) is 7.05 Å². The highest BCUT2D eigenvalue weighted by molar-refractivity contribution is 5.23. The summed E-state index contributed by atoms with van der Waals surface area (Å²) in [6, 6.07) is 1.32. The molecule has 3 rings (SSSR count). The highest BCUT2D eigenvalue weighted by Crippen LogP contribution is 2.37. The number of hydrogen-bond acceptors (Lipinski definition) is 8. The van der Waals surface area contributed by atoms with Gasteiger partial charge in [0, 0.05) is 19.4 Å². The molecule has 10 nitrogen and oxygen atoms in total. The van der Waals surface area contributed by atoms with Crippen LogP contribution in [-0.2, 0) is 11.8 Å². The molecule has 4 N–H and O–H groups in total. The van der Waals surface area contributed by atoms with Gasteiger partial charge >= 0.3 is 5.69 Å². The lowest BCUT2D eigenvalue weighted by Gasteiger charge is -2.24. The van der Waals surface area contributed by atoms with Crippen molar-refractivity contribution in [2.75, 3.05) is 12.3 Å². The summed E-state index contributed by atoms with van der Waals surface area (Å²) in [5.74, 6) is 0.00937. The number of anilines is 1. The molecular weight excluding hydrogens is 323 g/mol. The lowest BCUT2D eigenvalue weighted by molar-refractivity contribution is -0.117. The fraction of sp³-hybridized carbons (Fsp3) is 0.538. The molecule has 0 spiro atoms. The molecule has 0 radical (unpaired) electrons. The Morgan fingerprint density at radius 2 is 2.21 bits per heavy atom. The summed E-state index contributed by atoms with van der Waals surface area (Å²) in [5.41, 5.74) is 3.09. The SMILES string of the molecule is C[C@]1(CO)O[C@@H](n2ccc(N)nc2=O)[C@H](F)[C@@H]1O.Cn1ccnn1. The summed E-state index contributed by atoms with van der Waals surface area (Å²) < 4.78 is 21.7. The Morgan fingerprint density at radius 3 is 2.62 bits per heavy atom. The first kappa shape index (κ1) is 18.0. The Bertz CT molecular complexity index is 724. The predicted molar refractivity (Wildman–Crippen MR) is 80.4 cm³/mol. The van der Waals surface area contributed by atoms with Crippen molar-refractivity contribution in [1.29, 1.82) is 0 Å². The standard InChI is InChI=1S/C10H14FN3O4.C3H5N3/c1-10(4-15)7(16)6(11)8(18-10)14-3-2-5(12)13-9(14)17;1-6-3-2-4-5-6/h2-3,6-8,15-16H,4H2,1H3,(H2,12,13,17);2-3H,1H3/t6-,7+,8-,10-;/m1./s1. The number of aliphatic hydroxyl groups excluding tert-OH is 2. The molecular formula is C13H19FN6O4. The summed E-state index contributed by atoms with van der Waals surface area (Å²) >= 11 is 0. The number of alkyl halides is 1.